The minimum Gasteiger partial charge on any atom is -0.350 e. The molecule has 0 fully saturated rings. The first-order chi connectivity index (χ1) is 15.3. The van der Waals surface area contributed by atoms with Crippen molar-refractivity contribution in [3.63, 3.8) is 0 Å². The maximum atomic E-state index is 14.4. The van der Waals surface area contributed by atoms with Crippen molar-refractivity contribution in [3.8, 4) is 5.69 Å². The third-order valence-electron chi connectivity index (χ3n) is 4.96. The lowest BCUT2D eigenvalue weighted by atomic mass is 10.1. The van der Waals surface area contributed by atoms with Crippen molar-refractivity contribution < 1.29 is 13.6 Å². The molecule has 0 bridgehead atoms. The largest absolute Gasteiger partial charge is 0.350 e. The molecule has 0 aliphatic heterocycles. The SMILES string of the molecule is Cc1ccc2c(c1)c(=O)n(-c1ccc(F)cc1F)c(=O)n2CC(=O)NCc1cccnc1. The number of fused-ring (bicyclic) bond motifs is 1. The van der Waals surface area contributed by atoms with Crippen molar-refractivity contribution in [1.82, 2.24) is 19.4 Å². The summed E-state index contributed by atoms with van der Waals surface area (Å²) in [5.41, 5.74) is -0.311. The number of hydrogen-bond donors (Lipinski definition) is 1. The molecule has 0 saturated carbocycles. The van der Waals surface area contributed by atoms with Gasteiger partial charge in [-0.1, -0.05) is 17.7 Å². The second-order valence-corrected chi connectivity index (χ2v) is 7.26. The number of pyridine rings is 1. The summed E-state index contributed by atoms with van der Waals surface area (Å²) in [7, 11) is 0. The Hall–Kier alpha value is -4.14. The Balaban J connectivity index is 1.82. The van der Waals surface area contributed by atoms with Crippen LogP contribution in [0.1, 0.15) is 11.1 Å². The van der Waals surface area contributed by atoms with E-state index in [1.54, 1.807) is 49.6 Å². The van der Waals surface area contributed by atoms with Crippen LogP contribution in [0.2, 0.25) is 0 Å². The molecule has 2 aromatic heterocycles. The van der Waals surface area contributed by atoms with E-state index in [9.17, 15) is 23.2 Å². The van der Waals surface area contributed by atoms with Gasteiger partial charge in [0.2, 0.25) is 5.91 Å². The molecule has 4 rings (SSSR count). The van der Waals surface area contributed by atoms with Crippen LogP contribution in [0.3, 0.4) is 0 Å². The zero-order valence-corrected chi connectivity index (χ0v) is 17.0. The third-order valence-corrected chi connectivity index (χ3v) is 4.96. The molecule has 1 amide bonds. The van der Waals surface area contributed by atoms with E-state index in [0.29, 0.717) is 10.6 Å². The van der Waals surface area contributed by atoms with Crippen LogP contribution < -0.4 is 16.6 Å². The van der Waals surface area contributed by atoms with E-state index in [1.807, 2.05) is 0 Å². The Morgan fingerprint density at radius 3 is 2.62 bits per heavy atom. The fourth-order valence-corrected chi connectivity index (χ4v) is 3.42. The molecule has 9 heteroatoms. The molecule has 2 heterocycles. The Morgan fingerprint density at radius 2 is 1.91 bits per heavy atom. The summed E-state index contributed by atoms with van der Waals surface area (Å²) in [6, 6.07) is 10.9. The number of nitrogens with zero attached hydrogens (tertiary/aromatic N) is 3. The van der Waals surface area contributed by atoms with Crippen LogP contribution in [0.15, 0.2) is 70.5 Å². The first-order valence-electron chi connectivity index (χ1n) is 9.72. The molecule has 32 heavy (non-hydrogen) atoms. The van der Waals surface area contributed by atoms with Gasteiger partial charge in [0.1, 0.15) is 18.2 Å². The standard InChI is InChI=1S/C23H18F2N4O3/c1-14-4-6-19-17(9-14)22(31)29(20-7-5-16(24)10-18(20)25)23(32)28(19)13-21(30)27-12-15-3-2-8-26-11-15/h2-11H,12-13H2,1H3,(H,27,30). The zero-order chi connectivity index (χ0) is 22.8. The molecular weight excluding hydrogens is 418 g/mol. The fraction of sp³-hybridized carbons (Fsp3) is 0.130. The molecular formula is C23H18F2N4O3. The summed E-state index contributed by atoms with van der Waals surface area (Å²) in [4.78, 5) is 42.8. The maximum absolute atomic E-state index is 14.4. The lowest BCUT2D eigenvalue weighted by molar-refractivity contribution is -0.121. The minimum absolute atomic E-state index is 0.133. The van der Waals surface area contributed by atoms with Crippen molar-refractivity contribution in [1.29, 1.82) is 0 Å². The molecule has 0 radical (unpaired) electrons. The van der Waals surface area contributed by atoms with E-state index in [2.05, 4.69) is 10.3 Å². The lowest BCUT2D eigenvalue weighted by Gasteiger charge is -2.15. The number of benzene rings is 2. The first kappa shape index (κ1) is 21.1. The van der Waals surface area contributed by atoms with Gasteiger partial charge in [-0.05, 0) is 42.8 Å². The predicted octanol–water partition coefficient (Wildman–Crippen LogP) is 2.45. The molecule has 4 aromatic rings. The summed E-state index contributed by atoms with van der Waals surface area (Å²) in [6.45, 7) is 1.56. The van der Waals surface area contributed by atoms with Gasteiger partial charge in [0.05, 0.1) is 16.6 Å². The first-order valence-corrected chi connectivity index (χ1v) is 9.72. The predicted molar refractivity (Wildman–Crippen MR) is 115 cm³/mol. The van der Waals surface area contributed by atoms with Gasteiger partial charge in [-0.2, -0.15) is 0 Å². The van der Waals surface area contributed by atoms with Gasteiger partial charge in [0.25, 0.3) is 5.56 Å². The molecule has 0 aliphatic rings. The van der Waals surface area contributed by atoms with Crippen molar-refractivity contribution in [3.05, 3.63) is 105 Å². The van der Waals surface area contributed by atoms with Crippen LogP contribution in [0.4, 0.5) is 8.78 Å². The second kappa shape index (κ2) is 8.54. The second-order valence-electron chi connectivity index (χ2n) is 7.26. The summed E-state index contributed by atoms with van der Waals surface area (Å²) in [6.07, 6.45) is 3.21. The summed E-state index contributed by atoms with van der Waals surface area (Å²) in [5, 5.41) is 2.83. The van der Waals surface area contributed by atoms with E-state index in [4.69, 9.17) is 0 Å². The van der Waals surface area contributed by atoms with Crippen LogP contribution in [0.25, 0.3) is 16.6 Å². The summed E-state index contributed by atoms with van der Waals surface area (Å²) < 4.78 is 29.5. The van der Waals surface area contributed by atoms with Crippen molar-refractivity contribution in [2.75, 3.05) is 0 Å². The molecule has 0 spiro atoms. The topological polar surface area (TPSA) is 86.0 Å². The molecule has 162 valence electrons. The van der Waals surface area contributed by atoms with Crippen molar-refractivity contribution >= 4 is 16.8 Å². The fourth-order valence-electron chi connectivity index (χ4n) is 3.42. The number of carbonyl (C=O) groups is 1. The highest BCUT2D eigenvalue weighted by Gasteiger charge is 2.19. The van der Waals surface area contributed by atoms with E-state index in [1.165, 1.54) is 0 Å². The molecule has 0 atom stereocenters. The van der Waals surface area contributed by atoms with Gasteiger partial charge in [0, 0.05) is 25.0 Å². The van der Waals surface area contributed by atoms with Gasteiger partial charge in [-0.3, -0.25) is 19.1 Å². The van der Waals surface area contributed by atoms with Crippen molar-refractivity contribution in [2.24, 2.45) is 0 Å². The smallest absolute Gasteiger partial charge is 0.336 e. The van der Waals surface area contributed by atoms with Crippen LogP contribution in [-0.2, 0) is 17.9 Å². The van der Waals surface area contributed by atoms with E-state index in [-0.39, 0.29) is 17.4 Å². The van der Waals surface area contributed by atoms with Crippen LogP contribution in [0, 0.1) is 18.6 Å². The van der Waals surface area contributed by atoms with Gasteiger partial charge in [0.15, 0.2) is 0 Å². The Labute approximate surface area is 180 Å². The molecule has 0 unspecified atom stereocenters. The average molecular weight is 436 g/mol. The lowest BCUT2D eigenvalue weighted by Crippen LogP contribution is -2.42. The summed E-state index contributed by atoms with van der Waals surface area (Å²) in [5.74, 6) is -2.39. The van der Waals surface area contributed by atoms with Gasteiger partial charge < -0.3 is 5.32 Å². The molecule has 0 aliphatic carbocycles. The van der Waals surface area contributed by atoms with Crippen molar-refractivity contribution in [2.45, 2.75) is 20.0 Å². The minimum atomic E-state index is -1.07. The highest BCUT2D eigenvalue weighted by Crippen LogP contribution is 2.15. The number of aromatic nitrogens is 3. The Kier molecular flexibility index (Phi) is 5.63. The number of amides is 1. The van der Waals surface area contributed by atoms with Crippen LogP contribution in [0.5, 0.6) is 0 Å². The molecule has 1 N–H and O–H groups in total. The van der Waals surface area contributed by atoms with Gasteiger partial charge in [-0.15, -0.1) is 0 Å². The number of carbonyl (C=O) groups excluding carboxylic acids is 1. The number of halogens is 2. The number of hydrogen-bond acceptors (Lipinski definition) is 4. The highest BCUT2D eigenvalue weighted by molar-refractivity contribution is 5.82. The molecule has 2 aromatic carbocycles. The van der Waals surface area contributed by atoms with E-state index < -0.39 is 41.0 Å². The molecule has 0 saturated heterocycles. The third kappa shape index (κ3) is 4.04. The highest BCUT2D eigenvalue weighted by atomic mass is 19.1. The van der Waals surface area contributed by atoms with Gasteiger partial charge in [-0.25, -0.2) is 18.1 Å². The summed E-state index contributed by atoms with van der Waals surface area (Å²) >= 11 is 0. The Morgan fingerprint density at radius 1 is 1.09 bits per heavy atom. The maximum Gasteiger partial charge on any atom is 0.336 e. The van der Waals surface area contributed by atoms with Crippen LogP contribution in [-0.4, -0.2) is 20.0 Å². The normalized spacial score (nSPS) is 11.0. The van der Waals surface area contributed by atoms with E-state index >= 15 is 0 Å². The number of aryl methyl sites for hydroxylation is 1. The average Bonchev–Trinajstić information content (AvgIpc) is 2.77. The molecule has 7 nitrogen and oxygen atoms in total. The number of rotatable bonds is 5. The van der Waals surface area contributed by atoms with E-state index in [0.717, 1.165) is 27.8 Å². The van der Waals surface area contributed by atoms with Crippen LogP contribution >= 0.6 is 0 Å². The Bertz CT molecular complexity index is 1450. The zero-order valence-electron chi connectivity index (χ0n) is 17.0. The monoisotopic (exact) mass is 436 g/mol. The number of nitrogens with one attached hydrogen (secondary N) is 1. The quantitative estimate of drug-likeness (QED) is 0.521. The van der Waals surface area contributed by atoms with Gasteiger partial charge >= 0.3 is 5.69 Å².